The van der Waals surface area contributed by atoms with Crippen LogP contribution in [0, 0.1) is 0 Å². The molecule has 0 unspecified atom stereocenters. The van der Waals surface area contributed by atoms with Crippen molar-refractivity contribution in [3.05, 3.63) is 60.2 Å². The Bertz CT molecular complexity index is 668. The molecule has 2 aromatic rings. The molecule has 3 nitrogen and oxygen atoms in total. The third-order valence-electron chi connectivity index (χ3n) is 4.47. The summed E-state index contributed by atoms with van der Waals surface area (Å²) in [7, 11) is 0. The molecule has 0 bridgehead atoms. The first-order chi connectivity index (χ1) is 11.7. The molecule has 0 spiro atoms. The SMILES string of the molecule is O=C(O)[C@H](Cc1ccccc1Sc1ccccc1)N1CCCCC1. The fraction of sp³-hybridized carbons (Fsp3) is 0.350. The lowest BCUT2D eigenvalue weighted by atomic mass is 10.0. The maximum Gasteiger partial charge on any atom is 0.321 e. The van der Waals surface area contributed by atoms with Crippen LogP contribution < -0.4 is 0 Å². The molecule has 1 N–H and O–H groups in total. The van der Waals surface area contributed by atoms with Gasteiger partial charge in [-0.25, -0.2) is 0 Å². The number of nitrogens with zero attached hydrogens (tertiary/aromatic N) is 1. The van der Waals surface area contributed by atoms with Crippen LogP contribution in [0.4, 0.5) is 0 Å². The van der Waals surface area contributed by atoms with Gasteiger partial charge in [0.05, 0.1) is 0 Å². The van der Waals surface area contributed by atoms with Crippen molar-refractivity contribution in [2.24, 2.45) is 0 Å². The van der Waals surface area contributed by atoms with Crippen LogP contribution in [-0.2, 0) is 11.2 Å². The summed E-state index contributed by atoms with van der Waals surface area (Å²) in [6, 6.07) is 18.0. The first-order valence-corrected chi connectivity index (χ1v) is 9.33. The molecule has 0 aliphatic carbocycles. The smallest absolute Gasteiger partial charge is 0.321 e. The Morgan fingerprint density at radius 3 is 2.38 bits per heavy atom. The molecule has 0 saturated carbocycles. The van der Waals surface area contributed by atoms with Crippen molar-refractivity contribution >= 4 is 17.7 Å². The average molecular weight is 341 g/mol. The van der Waals surface area contributed by atoms with Crippen molar-refractivity contribution in [2.45, 2.75) is 41.5 Å². The summed E-state index contributed by atoms with van der Waals surface area (Å²) in [5.41, 5.74) is 1.12. The zero-order valence-electron chi connectivity index (χ0n) is 13.7. The highest BCUT2D eigenvalue weighted by atomic mass is 32.2. The monoisotopic (exact) mass is 341 g/mol. The van der Waals surface area contributed by atoms with Gasteiger partial charge in [-0.15, -0.1) is 0 Å². The molecular formula is C20H23NO2S. The number of aliphatic carboxylic acids is 1. The van der Waals surface area contributed by atoms with E-state index >= 15 is 0 Å². The molecule has 1 aliphatic rings. The Morgan fingerprint density at radius 2 is 1.67 bits per heavy atom. The van der Waals surface area contributed by atoms with E-state index in [4.69, 9.17) is 0 Å². The van der Waals surface area contributed by atoms with Crippen LogP contribution in [0.15, 0.2) is 64.4 Å². The summed E-state index contributed by atoms with van der Waals surface area (Å²) in [6.07, 6.45) is 3.98. The highest BCUT2D eigenvalue weighted by Crippen LogP contribution is 2.31. The summed E-state index contributed by atoms with van der Waals surface area (Å²) in [6.45, 7) is 1.79. The number of piperidine rings is 1. The van der Waals surface area contributed by atoms with Gasteiger partial charge in [0.15, 0.2) is 0 Å². The highest BCUT2D eigenvalue weighted by molar-refractivity contribution is 7.99. The predicted octanol–water partition coefficient (Wildman–Crippen LogP) is 4.32. The number of benzene rings is 2. The predicted molar refractivity (Wildman–Crippen MR) is 97.6 cm³/mol. The molecule has 1 aliphatic heterocycles. The molecule has 1 atom stereocenters. The molecule has 0 aromatic heterocycles. The summed E-state index contributed by atoms with van der Waals surface area (Å²) in [5, 5.41) is 9.72. The molecule has 2 aromatic carbocycles. The first kappa shape index (κ1) is 17.1. The molecule has 1 fully saturated rings. The Balaban J connectivity index is 1.79. The van der Waals surface area contributed by atoms with Gasteiger partial charge in [-0.05, 0) is 56.1 Å². The molecule has 126 valence electrons. The van der Waals surface area contributed by atoms with Gasteiger partial charge in [0, 0.05) is 9.79 Å². The van der Waals surface area contributed by atoms with Crippen molar-refractivity contribution in [3.8, 4) is 0 Å². The van der Waals surface area contributed by atoms with E-state index in [1.807, 2.05) is 30.3 Å². The van der Waals surface area contributed by atoms with Crippen molar-refractivity contribution in [2.75, 3.05) is 13.1 Å². The number of carbonyl (C=O) groups is 1. The molecule has 1 saturated heterocycles. The van der Waals surface area contributed by atoms with E-state index < -0.39 is 12.0 Å². The van der Waals surface area contributed by atoms with Crippen LogP contribution in [0.1, 0.15) is 24.8 Å². The maximum atomic E-state index is 11.8. The Labute approximate surface area is 147 Å². The number of hydrogen-bond donors (Lipinski definition) is 1. The Morgan fingerprint density at radius 1 is 1.00 bits per heavy atom. The van der Waals surface area contributed by atoms with Crippen LogP contribution in [0.25, 0.3) is 0 Å². The number of carboxylic acids is 1. The van der Waals surface area contributed by atoms with Crippen molar-refractivity contribution < 1.29 is 9.90 Å². The van der Waals surface area contributed by atoms with Gasteiger partial charge in [-0.2, -0.15) is 0 Å². The Hall–Kier alpha value is -1.78. The minimum atomic E-state index is -0.712. The van der Waals surface area contributed by atoms with E-state index in [0.29, 0.717) is 6.42 Å². The molecule has 3 rings (SSSR count). The number of rotatable bonds is 6. The quantitative estimate of drug-likeness (QED) is 0.849. The van der Waals surface area contributed by atoms with Crippen molar-refractivity contribution in [1.82, 2.24) is 4.90 Å². The largest absolute Gasteiger partial charge is 0.480 e. The molecular weight excluding hydrogens is 318 g/mol. The van der Waals surface area contributed by atoms with Crippen molar-refractivity contribution in [1.29, 1.82) is 0 Å². The van der Waals surface area contributed by atoms with E-state index in [9.17, 15) is 9.90 Å². The van der Waals surface area contributed by atoms with Gasteiger partial charge in [0.1, 0.15) is 6.04 Å². The molecule has 0 radical (unpaired) electrons. The lowest BCUT2D eigenvalue weighted by molar-refractivity contribution is -0.143. The zero-order valence-corrected chi connectivity index (χ0v) is 14.5. The van der Waals surface area contributed by atoms with E-state index in [-0.39, 0.29) is 0 Å². The van der Waals surface area contributed by atoms with Gasteiger partial charge in [0.25, 0.3) is 0 Å². The number of likely N-dealkylation sites (tertiary alicyclic amines) is 1. The Kier molecular flexibility index (Phi) is 5.94. The lowest BCUT2D eigenvalue weighted by Crippen LogP contribution is -2.45. The fourth-order valence-corrected chi connectivity index (χ4v) is 4.17. The van der Waals surface area contributed by atoms with E-state index in [1.165, 1.54) is 11.3 Å². The third-order valence-corrected chi connectivity index (χ3v) is 5.60. The molecule has 0 amide bonds. The minimum Gasteiger partial charge on any atom is -0.480 e. The number of carboxylic acid groups (broad SMARTS) is 1. The topological polar surface area (TPSA) is 40.5 Å². The van der Waals surface area contributed by atoms with Gasteiger partial charge >= 0.3 is 5.97 Å². The summed E-state index contributed by atoms with van der Waals surface area (Å²) < 4.78 is 0. The number of hydrogen-bond acceptors (Lipinski definition) is 3. The molecule has 24 heavy (non-hydrogen) atoms. The van der Waals surface area contributed by atoms with Gasteiger partial charge in [-0.3, -0.25) is 9.69 Å². The molecule has 4 heteroatoms. The molecule has 1 heterocycles. The average Bonchev–Trinajstić information content (AvgIpc) is 2.62. The van der Waals surface area contributed by atoms with Gasteiger partial charge in [-0.1, -0.05) is 54.6 Å². The first-order valence-electron chi connectivity index (χ1n) is 8.52. The van der Waals surface area contributed by atoms with E-state index in [2.05, 4.69) is 29.2 Å². The summed E-state index contributed by atoms with van der Waals surface area (Å²) in [5.74, 6) is -0.712. The van der Waals surface area contributed by atoms with Crippen LogP contribution in [-0.4, -0.2) is 35.1 Å². The van der Waals surface area contributed by atoms with E-state index in [0.717, 1.165) is 36.4 Å². The van der Waals surface area contributed by atoms with Crippen LogP contribution in [0.2, 0.25) is 0 Å². The normalized spacial score (nSPS) is 16.7. The van der Waals surface area contributed by atoms with Crippen LogP contribution in [0.3, 0.4) is 0 Å². The van der Waals surface area contributed by atoms with Crippen LogP contribution in [0.5, 0.6) is 0 Å². The maximum absolute atomic E-state index is 11.8. The second-order valence-electron chi connectivity index (χ2n) is 6.18. The van der Waals surface area contributed by atoms with Crippen LogP contribution >= 0.6 is 11.8 Å². The van der Waals surface area contributed by atoms with Gasteiger partial charge in [0.2, 0.25) is 0 Å². The summed E-state index contributed by atoms with van der Waals surface area (Å²) >= 11 is 1.70. The third kappa shape index (κ3) is 4.40. The zero-order chi connectivity index (χ0) is 16.8. The second-order valence-corrected chi connectivity index (χ2v) is 7.29. The second kappa shape index (κ2) is 8.36. The standard InChI is InChI=1S/C20H23NO2S/c22-20(23)18(21-13-7-2-8-14-21)15-16-9-5-6-12-19(16)24-17-10-3-1-4-11-17/h1,3-6,9-12,18H,2,7-8,13-15H2,(H,22,23)/t18-/m0/s1. The summed E-state index contributed by atoms with van der Waals surface area (Å²) in [4.78, 5) is 16.3. The minimum absolute atomic E-state index is 0.428. The lowest BCUT2D eigenvalue weighted by Gasteiger charge is -2.32. The highest BCUT2D eigenvalue weighted by Gasteiger charge is 2.27. The van der Waals surface area contributed by atoms with E-state index in [1.54, 1.807) is 11.8 Å². The van der Waals surface area contributed by atoms with Gasteiger partial charge < -0.3 is 5.11 Å². The fourth-order valence-electron chi connectivity index (χ4n) is 3.20. The van der Waals surface area contributed by atoms with Crippen molar-refractivity contribution in [3.63, 3.8) is 0 Å².